The Kier molecular flexibility index (Phi) is 4.06. The minimum absolute atomic E-state index is 0.108. The lowest BCUT2D eigenvalue weighted by atomic mass is 10.1. The van der Waals surface area contributed by atoms with Crippen LogP contribution in [0.1, 0.15) is 16.8 Å². The highest BCUT2D eigenvalue weighted by Crippen LogP contribution is 2.34. The number of nitrogens with zero attached hydrogens (tertiary/aromatic N) is 4. The van der Waals surface area contributed by atoms with E-state index in [1.807, 2.05) is 12.1 Å². The Morgan fingerprint density at radius 1 is 1.38 bits per heavy atom. The van der Waals surface area contributed by atoms with E-state index in [2.05, 4.69) is 5.10 Å². The van der Waals surface area contributed by atoms with Crippen molar-refractivity contribution in [3.05, 3.63) is 35.0 Å². The summed E-state index contributed by atoms with van der Waals surface area (Å²) in [7, 11) is 0. The second-order valence-corrected chi connectivity index (χ2v) is 4.95. The first kappa shape index (κ1) is 15.4. The molecule has 2 aromatic rings. The molecule has 1 aliphatic rings. The van der Waals surface area contributed by atoms with E-state index in [0.717, 1.165) is 0 Å². The van der Waals surface area contributed by atoms with Crippen LogP contribution in [-0.2, 0) is 6.54 Å². The smallest absolute Gasteiger partial charge is 0.231 e. The van der Waals surface area contributed by atoms with Crippen LogP contribution in [0.25, 0.3) is 11.6 Å². The average molecular weight is 323 g/mol. The molecule has 120 valence electrons. The number of aliphatic hydroxyl groups is 1. The number of fused-ring (bicyclic) bond motifs is 1. The minimum Gasteiger partial charge on any atom is -0.454 e. The van der Waals surface area contributed by atoms with Crippen LogP contribution < -0.4 is 15.2 Å². The fourth-order valence-electron chi connectivity index (χ4n) is 2.36. The molecule has 3 rings (SSSR count). The molecule has 24 heavy (non-hydrogen) atoms. The molecule has 0 spiro atoms. The van der Waals surface area contributed by atoms with E-state index >= 15 is 0 Å². The van der Waals surface area contributed by atoms with Crippen molar-refractivity contribution in [2.45, 2.75) is 6.54 Å². The molecule has 8 nitrogen and oxygen atoms in total. The zero-order valence-electron chi connectivity index (χ0n) is 12.6. The van der Waals surface area contributed by atoms with Gasteiger partial charge in [0.15, 0.2) is 11.5 Å². The van der Waals surface area contributed by atoms with Crippen molar-refractivity contribution in [2.24, 2.45) is 0 Å². The minimum atomic E-state index is -0.177. The molecule has 1 aromatic carbocycles. The van der Waals surface area contributed by atoms with Gasteiger partial charge in [0, 0.05) is 0 Å². The molecular weight excluding hydrogens is 310 g/mol. The van der Waals surface area contributed by atoms with Gasteiger partial charge in [-0.15, -0.1) is 0 Å². The first-order chi connectivity index (χ1) is 11.7. The Bertz CT molecular complexity index is 902. The highest BCUT2D eigenvalue weighted by molar-refractivity contribution is 5.91. The molecule has 0 amide bonds. The molecule has 0 aliphatic carbocycles. The van der Waals surface area contributed by atoms with Crippen molar-refractivity contribution in [1.29, 1.82) is 10.5 Å². The summed E-state index contributed by atoms with van der Waals surface area (Å²) in [5.74, 6) is 1.35. The number of hydrogen-bond acceptors (Lipinski definition) is 7. The summed E-state index contributed by atoms with van der Waals surface area (Å²) in [5.41, 5.74) is 7.04. The van der Waals surface area contributed by atoms with Crippen molar-refractivity contribution in [3.63, 3.8) is 0 Å². The third-order valence-corrected chi connectivity index (χ3v) is 3.50. The van der Waals surface area contributed by atoms with Crippen molar-refractivity contribution >= 4 is 17.5 Å². The summed E-state index contributed by atoms with van der Waals surface area (Å²) < 4.78 is 11.9. The van der Waals surface area contributed by atoms with Crippen LogP contribution in [-0.4, -0.2) is 28.3 Å². The lowest BCUT2D eigenvalue weighted by molar-refractivity contribution is 0.174. The van der Waals surface area contributed by atoms with E-state index in [-0.39, 0.29) is 42.6 Å². The summed E-state index contributed by atoms with van der Waals surface area (Å²) in [6.07, 6.45) is 1.59. The topological polar surface area (TPSA) is 130 Å². The Hall–Kier alpha value is -3.49. The van der Waals surface area contributed by atoms with Gasteiger partial charge in [-0.1, -0.05) is 6.07 Å². The van der Waals surface area contributed by atoms with Gasteiger partial charge < -0.3 is 20.3 Å². The lowest BCUT2D eigenvalue weighted by Crippen LogP contribution is -2.07. The van der Waals surface area contributed by atoms with Crippen LogP contribution in [0.5, 0.6) is 11.5 Å². The summed E-state index contributed by atoms with van der Waals surface area (Å²) >= 11 is 0. The number of nitrogens with two attached hydrogens (primary N) is 1. The summed E-state index contributed by atoms with van der Waals surface area (Å²) in [5, 5.41) is 32.0. The van der Waals surface area contributed by atoms with Crippen LogP contribution in [0.2, 0.25) is 0 Å². The maximum atomic E-state index is 9.46. The third kappa shape index (κ3) is 2.62. The SMILES string of the molecule is N#C/C(=C/c1ccc2c(c1)OCO2)c1nn(CCO)c(N)c1C#N. The lowest BCUT2D eigenvalue weighted by Gasteiger charge is -2.00. The molecule has 0 saturated heterocycles. The molecule has 0 saturated carbocycles. The first-order valence-corrected chi connectivity index (χ1v) is 7.07. The number of aromatic nitrogens is 2. The molecule has 1 aromatic heterocycles. The van der Waals surface area contributed by atoms with E-state index < -0.39 is 0 Å². The Labute approximate surface area is 137 Å². The van der Waals surface area contributed by atoms with Gasteiger partial charge in [-0.2, -0.15) is 15.6 Å². The molecule has 0 radical (unpaired) electrons. The summed E-state index contributed by atoms with van der Waals surface area (Å²) in [4.78, 5) is 0. The maximum Gasteiger partial charge on any atom is 0.231 e. The molecule has 3 N–H and O–H groups in total. The number of nitrogen functional groups attached to an aromatic ring is 1. The highest BCUT2D eigenvalue weighted by atomic mass is 16.7. The predicted octanol–water partition coefficient (Wildman–Crippen LogP) is 1.12. The van der Waals surface area contributed by atoms with Crippen molar-refractivity contribution in [2.75, 3.05) is 19.1 Å². The third-order valence-electron chi connectivity index (χ3n) is 3.50. The molecule has 0 unspecified atom stereocenters. The van der Waals surface area contributed by atoms with Crippen LogP contribution in [0.3, 0.4) is 0 Å². The normalized spacial score (nSPS) is 12.7. The molecule has 0 bridgehead atoms. The van der Waals surface area contributed by atoms with Crippen LogP contribution in [0, 0.1) is 22.7 Å². The summed E-state index contributed by atoms with van der Waals surface area (Å²) in [6.45, 7) is 0.126. The molecule has 0 fully saturated rings. The number of anilines is 1. The predicted molar refractivity (Wildman–Crippen MR) is 84.5 cm³/mol. The molecule has 2 heterocycles. The van der Waals surface area contributed by atoms with Gasteiger partial charge in [0.05, 0.1) is 18.7 Å². The Morgan fingerprint density at radius 3 is 2.88 bits per heavy atom. The first-order valence-electron chi connectivity index (χ1n) is 7.07. The quantitative estimate of drug-likeness (QED) is 0.806. The monoisotopic (exact) mass is 323 g/mol. The van der Waals surface area contributed by atoms with Gasteiger partial charge in [0.1, 0.15) is 29.2 Å². The van der Waals surface area contributed by atoms with Gasteiger partial charge in [-0.3, -0.25) is 0 Å². The van der Waals surface area contributed by atoms with E-state index in [1.165, 1.54) is 4.68 Å². The number of aliphatic hydroxyl groups excluding tert-OH is 1. The van der Waals surface area contributed by atoms with Crippen molar-refractivity contribution in [3.8, 4) is 23.6 Å². The van der Waals surface area contributed by atoms with Gasteiger partial charge in [0.25, 0.3) is 0 Å². The highest BCUT2D eigenvalue weighted by Gasteiger charge is 2.19. The number of allylic oxidation sites excluding steroid dienone is 1. The zero-order chi connectivity index (χ0) is 17.1. The van der Waals surface area contributed by atoms with E-state index in [9.17, 15) is 10.5 Å². The van der Waals surface area contributed by atoms with Gasteiger partial charge in [-0.05, 0) is 23.8 Å². The Balaban J connectivity index is 2.05. The summed E-state index contributed by atoms with van der Waals surface area (Å²) in [6, 6.07) is 9.24. The van der Waals surface area contributed by atoms with E-state index in [1.54, 1.807) is 24.3 Å². The maximum absolute atomic E-state index is 9.46. The fourth-order valence-corrected chi connectivity index (χ4v) is 2.36. The van der Waals surface area contributed by atoms with Crippen molar-refractivity contribution < 1.29 is 14.6 Å². The molecule has 1 aliphatic heterocycles. The van der Waals surface area contributed by atoms with E-state index in [0.29, 0.717) is 17.1 Å². The molecular formula is C16H13N5O3. The molecule has 0 atom stereocenters. The number of ether oxygens (including phenoxy) is 2. The Morgan fingerprint density at radius 2 is 2.17 bits per heavy atom. The van der Waals surface area contributed by atoms with Crippen LogP contribution in [0.4, 0.5) is 5.82 Å². The van der Waals surface area contributed by atoms with Crippen LogP contribution >= 0.6 is 0 Å². The van der Waals surface area contributed by atoms with Crippen molar-refractivity contribution in [1.82, 2.24) is 9.78 Å². The van der Waals surface area contributed by atoms with Gasteiger partial charge >= 0.3 is 0 Å². The number of rotatable bonds is 4. The van der Waals surface area contributed by atoms with Gasteiger partial charge in [-0.25, -0.2) is 4.68 Å². The zero-order valence-corrected chi connectivity index (χ0v) is 12.6. The average Bonchev–Trinajstić information content (AvgIpc) is 3.17. The standard InChI is InChI=1S/C16H13N5O3/c17-7-11(5-10-1-2-13-14(6-10)24-9-23-13)15-12(8-18)16(19)21(20-15)3-4-22/h1-2,5-6,22H,3-4,9,19H2/b11-5-. The number of hydrogen-bond donors (Lipinski definition) is 2. The van der Waals surface area contributed by atoms with Crippen LogP contribution in [0.15, 0.2) is 18.2 Å². The second-order valence-electron chi connectivity index (χ2n) is 4.95. The number of nitriles is 2. The van der Waals surface area contributed by atoms with E-state index in [4.69, 9.17) is 20.3 Å². The largest absolute Gasteiger partial charge is 0.454 e. The fraction of sp³-hybridized carbons (Fsp3) is 0.188. The second kappa shape index (κ2) is 6.32. The number of benzene rings is 1. The molecule has 8 heteroatoms. The van der Waals surface area contributed by atoms with Gasteiger partial charge in [0.2, 0.25) is 6.79 Å².